The second kappa shape index (κ2) is 51.2. The van der Waals surface area contributed by atoms with Crippen molar-refractivity contribution in [1.82, 2.24) is 5.32 Å². The van der Waals surface area contributed by atoms with Gasteiger partial charge in [0.15, 0.2) is 0 Å². The molecular formula is C62H107N2O7P. The fourth-order valence-corrected chi connectivity index (χ4v) is 8.26. The van der Waals surface area contributed by atoms with Gasteiger partial charge in [-0.2, -0.15) is 0 Å². The molecule has 0 aromatic heterocycles. The third-order valence-corrected chi connectivity index (χ3v) is 12.9. The molecule has 0 aliphatic carbocycles. The first-order valence-electron chi connectivity index (χ1n) is 28.7. The number of amides is 1. The van der Waals surface area contributed by atoms with Crippen LogP contribution in [0.3, 0.4) is 0 Å². The van der Waals surface area contributed by atoms with Crippen molar-refractivity contribution in [2.45, 2.75) is 232 Å². The SMILES string of the molecule is CC/C=C\C/C=C\C/C=C\C/C=C\C/C=C\C/C=C\CCC(=O)OC(/C=C/CCCCCCCCCCCC)C(COP(=O)([O-])OCC[N+](C)(C)C)NC(=O)CCCCCCCC/C=C/C=C/CCCCC. The van der Waals surface area contributed by atoms with E-state index in [0.717, 1.165) is 103 Å². The lowest BCUT2D eigenvalue weighted by Crippen LogP contribution is -2.47. The number of phosphoric ester groups is 1. The first kappa shape index (κ1) is 68.7. The van der Waals surface area contributed by atoms with Gasteiger partial charge in [-0.1, -0.05) is 220 Å². The topological polar surface area (TPSA) is 114 Å². The molecule has 0 radical (unpaired) electrons. The average Bonchev–Trinajstić information content (AvgIpc) is 3.34. The lowest BCUT2D eigenvalue weighted by atomic mass is 10.0. The van der Waals surface area contributed by atoms with Gasteiger partial charge in [-0.15, -0.1) is 0 Å². The Labute approximate surface area is 442 Å². The minimum Gasteiger partial charge on any atom is -0.756 e. The molecule has 0 rings (SSSR count). The molecule has 3 unspecified atom stereocenters. The summed E-state index contributed by atoms with van der Waals surface area (Å²) in [6.07, 6.45) is 69.2. The highest BCUT2D eigenvalue weighted by molar-refractivity contribution is 7.45. The first-order chi connectivity index (χ1) is 34.9. The van der Waals surface area contributed by atoms with Crippen LogP contribution in [0.4, 0.5) is 0 Å². The molecule has 1 amide bonds. The maximum Gasteiger partial charge on any atom is 0.306 e. The molecule has 0 saturated heterocycles. The van der Waals surface area contributed by atoms with Gasteiger partial charge in [0, 0.05) is 12.8 Å². The van der Waals surface area contributed by atoms with Gasteiger partial charge in [-0.05, 0) is 96.0 Å². The predicted molar refractivity (Wildman–Crippen MR) is 307 cm³/mol. The number of hydrogen-bond acceptors (Lipinski definition) is 7. The van der Waals surface area contributed by atoms with Crippen LogP contribution >= 0.6 is 7.82 Å². The lowest BCUT2D eigenvalue weighted by Gasteiger charge is -2.30. The summed E-state index contributed by atoms with van der Waals surface area (Å²) in [4.78, 5) is 39.8. The number of ether oxygens (including phenoxy) is 1. The zero-order valence-electron chi connectivity index (χ0n) is 46.8. The van der Waals surface area contributed by atoms with Crippen LogP contribution in [0.25, 0.3) is 0 Å². The Balaban J connectivity index is 5.50. The van der Waals surface area contributed by atoms with Gasteiger partial charge in [0.05, 0.1) is 33.8 Å². The molecule has 3 atom stereocenters. The zero-order chi connectivity index (χ0) is 52.9. The van der Waals surface area contributed by atoms with Crippen molar-refractivity contribution in [3.05, 3.63) is 109 Å². The van der Waals surface area contributed by atoms with E-state index < -0.39 is 32.5 Å². The Hall–Kier alpha value is -3.33. The summed E-state index contributed by atoms with van der Waals surface area (Å²) in [7, 11) is 1.12. The quantitative estimate of drug-likeness (QED) is 0.0161. The number of allylic oxidation sites excluding steroid dienone is 17. The van der Waals surface area contributed by atoms with Gasteiger partial charge >= 0.3 is 5.97 Å². The van der Waals surface area contributed by atoms with E-state index in [1.807, 2.05) is 39.4 Å². The van der Waals surface area contributed by atoms with Crippen LogP contribution in [0.1, 0.15) is 220 Å². The molecule has 0 heterocycles. The Morgan fingerprint density at radius 3 is 1.44 bits per heavy atom. The molecule has 0 aromatic carbocycles. The Morgan fingerprint density at radius 1 is 0.514 bits per heavy atom. The van der Waals surface area contributed by atoms with E-state index in [1.165, 1.54) is 70.6 Å². The maximum atomic E-state index is 13.5. The van der Waals surface area contributed by atoms with Crippen molar-refractivity contribution < 1.29 is 37.3 Å². The van der Waals surface area contributed by atoms with Crippen LogP contribution in [0.5, 0.6) is 0 Å². The summed E-state index contributed by atoms with van der Waals surface area (Å²) >= 11 is 0. The molecule has 0 saturated carbocycles. The van der Waals surface area contributed by atoms with Crippen LogP contribution in [0, 0.1) is 0 Å². The molecule has 0 aliphatic heterocycles. The lowest BCUT2D eigenvalue weighted by molar-refractivity contribution is -0.870. The molecule has 0 spiro atoms. The van der Waals surface area contributed by atoms with Gasteiger partial charge < -0.3 is 28.5 Å². The van der Waals surface area contributed by atoms with Crippen molar-refractivity contribution in [1.29, 1.82) is 0 Å². The Kier molecular flexibility index (Phi) is 48.8. The molecule has 9 nitrogen and oxygen atoms in total. The average molecular weight is 1020 g/mol. The molecular weight excluding hydrogens is 916 g/mol. The maximum absolute atomic E-state index is 13.5. The van der Waals surface area contributed by atoms with Gasteiger partial charge in [0.1, 0.15) is 19.3 Å². The second-order valence-corrected chi connectivity index (χ2v) is 21.5. The number of nitrogens with zero attached hydrogens (tertiary/aromatic N) is 1. The first-order valence-corrected chi connectivity index (χ1v) is 30.2. The summed E-state index contributed by atoms with van der Waals surface area (Å²) in [6.45, 7) is 6.61. The standard InChI is InChI=1S/C62H107N2O7P/c1-7-10-13-16-19-22-25-28-30-31-32-33-35-37-40-43-46-49-52-55-62(66)71-60(53-50-47-44-41-38-27-24-21-18-15-12-9-3)59(58-70-72(67,68)69-57-56-64(4,5)6)63-61(65)54-51-48-45-42-39-36-34-29-26-23-20-17-14-11-8-2/h10,13,19-20,22-23,26,28-30,32-33,37,40,46,49-50,53,59-60H,7-9,11-12,14-18,21,24-25,27,31,34-36,38-39,41-45,47-48,51-52,54-58H2,1-6H3,(H-,63,65,67,68)/b13-10-,22-19-,23-20+,29-26+,30-28-,33-32-,40-37-,49-46-,53-50+. The number of carbonyl (C=O) groups excluding carboxylic acids is 2. The molecule has 1 N–H and O–H groups in total. The number of rotatable bonds is 50. The van der Waals surface area contributed by atoms with Crippen LogP contribution in [-0.4, -0.2) is 69.4 Å². The Morgan fingerprint density at radius 2 is 0.944 bits per heavy atom. The van der Waals surface area contributed by atoms with E-state index in [0.29, 0.717) is 23.9 Å². The van der Waals surface area contributed by atoms with Crippen LogP contribution in [0.2, 0.25) is 0 Å². The normalized spacial score (nSPS) is 14.6. The molecule has 0 bridgehead atoms. The van der Waals surface area contributed by atoms with Gasteiger partial charge in [-0.3, -0.25) is 14.2 Å². The van der Waals surface area contributed by atoms with E-state index >= 15 is 0 Å². The van der Waals surface area contributed by atoms with E-state index in [4.69, 9.17) is 13.8 Å². The fraction of sp³-hybridized carbons (Fsp3) is 0.677. The number of quaternary nitrogens is 1. The number of nitrogens with one attached hydrogen (secondary N) is 1. The van der Waals surface area contributed by atoms with Crippen molar-refractivity contribution >= 4 is 19.7 Å². The van der Waals surface area contributed by atoms with Gasteiger partial charge in [0.2, 0.25) is 5.91 Å². The van der Waals surface area contributed by atoms with E-state index in [9.17, 15) is 19.0 Å². The zero-order valence-corrected chi connectivity index (χ0v) is 47.7. The van der Waals surface area contributed by atoms with Gasteiger partial charge in [0.25, 0.3) is 7.82 Å². The molecule has 0 aliphatic rings. The predicted octanol–water partition coefficient (Wildman–Crippen LogP) is 16.7. The molecule has 0 aromatic rings. The van der Waals surface area contributed by atoms with Crippen LogP contribution in [0.15, 0.2) is 109 Å². The number of carbonyl (C=O) groups is 2. The van der Waals surface area contributed by atoms with Crippen molar-refractivity contribution in [2.24, 2.45) is 0 Å². The van der Waals surface area contributed by atoms with Crippen molar-refractivity contribution in [3.63, 3.8) is 0 Å². The van der Waals surface area contributed by atoms with Crippen molar-refractivity contribution in [3.8, 4) is 0 Å². The van der Waals surface area contributed by atoms with Crippen molar-refractivity contribution in [2.75, 3.05) is 40.9 Å². The third kappa shape index (κ3) is 51.6. The number of phosphoric acid groups is 1. The molecule has 0 fully saturated rings. The summed E-state index contributed by atoms with van der Waals surface area (Å²) in [6, 6.07) is -0.931. The number of unbranched alkanes of at least 4 members (excludes halogenated alkanes) is 19. The third-order valence-electron chi connectivity index (χ3n) is 12.0. The second-order valence-electron chi connectivity index (χ2n) is 20.1. The largest absolute Gasteiger partial charge is 0.756 e. The summed E-state index contributed by atoms with van der Waals surface area (Å²) < 4.78 is 30.1. The Bertz CT molecular complexity index is 1600. The van der Waals surface area contributed by atoms with E-state index in [2.05, 4.69) is 111 Å². The molecule has 10 heteroatoms. The van der Waals surface area contributed by atoms with E-state index in [-0.39, 0.29) is 25.4 Å². The molecule has 412 valence electrons. The number of likely N-dealkylation sites (N-methyl/N-ethyl adjacent to an activating group) is 1. The highest BCUT2D eigenvalue weighted by Crippen LogP contribution is 2.38. The van der Waals surface area contributed by atoms with Crippen LogP contribution in [-0.2, 0) is 27.9 Å². The van der Waals surface area contributed by atoms with E-state index in [1.54, 1.807) is 6.08 Å². The van der Waals surface area contributed by atoms with Gasteiger partial charge in [-0.25, -0.2) is 0 Å². The minimum absolute atomic E-state index is 0.0414. The number of esters is 1. The summed E-state index contributed by atoms with van der Waals surface area (Å²) in [5, 5.41) is 2.99. The number of hydrogen-bond donors (Lipinski definition) is 1. The van der Waals surface area contributed by atoms with Crippen LogP contribution < -0.4 is 10.2 Å². The molecule has 72 heavy (non-hydrogen) atoms. The smallest absolute Gasteiger partial charge is 0.306 e. The minimum atomic E-state index is -4.72. The summed E-state index contributed by atoms with van der Waals surface area (Å²) in [5.41, 5.74) is 0. The monoisotopic (exact) mass is 1020 g/mol. The fourth-order valence-electron chi connectivity index (χ4n) is 7.54. The highest BCUT2D eigenvalue weighted by Gasteiger charge is 2.27. The summed E-state index contributed by atoms with van der Waals surface area (Å²) in [5.74, 6) is -0.661. The highest BCUT2D eigenvalue weighted by atomic mass is 31.2.